The van der Waals surface area contributed by atoms with Crippen LogP contribution in [0.3, 0.4) is 0 Å². The molecular formula is C16H19N3O. The lowest BCUT2D eigenvalue weighted by Crippen LogP contribution is -2.12. The first-order valence-electron chi connectivity index (χ1n) is 6.77. The van der Waals surface area contributed by atoms with Crippen LogP contribution in [-0.4, -0.2) is 17.4 Å². The van der Waals surface area contributed by atoms with Crippen molar-refractivity contribution in [2.24, 2.45) is 0 Å². The SMILES string of the molecule is CCCNc1ccc(NC(=O)c2cccc(C)c2)cn1. The standard InChI is InChI=1S/C16H19N3O/c1-3-9-17-15-8-7-14(11-18-15)19-16(20)13-6-4-5-12(2)10-13/h4-8,10-11H,3,9H2,1-2H3,(H,17,18)(H,19,20). The molecule has 0 aliphatic carbocycles. The summed E-state index contributed by atoms with van der Waals surface area (Å²) in [5.41, 5.74) is 2.41. The van der Waals surface area contributed by atoms with Gasteiger partial charge in [0.15, 0.2) is 0 Å². The number of carbonyl (C=O) groups excluding carboxylic acids is 1. The van der Waals surface area contributed by atoms with Crippen molar-refractivity contribution < 1.29 is 4.79 Å². The Labute approximate surface area is 119 Å². The maximum Gasteiger partial charge on any atom is 0.255 e. The Morgan fingerprint density at radius 2 is 2.10 bits per heavy atom. The molecule has 0 radical (unpaired) electrons. The van der Waals surface area contributed by atoms with E-state index in [1.807, 2.05) is 37.3 Å². The minimum Gasteiger partial charge on any atom is -0.370 e. The lowest BCUT2D eigenvalue weighted by molar-refractivity contribution is 0.102. The molecule has 1 heterocycles. The van der Waals surface area contributed by atoms with Gasteiger partial charge in [0.1, 0.15) is 5.82 Å². The summed E-state index contributed by atoms with van der Waals surface area (Å²) in [4.78, 5) is 16.3. The Hall–Kier alpha value is -2.36. The van der Waals surface area contributed by atoms with Gasteiger partial charge >= 0.3 is 0 Å². The second-order valence-corrected chi connectivity index (χ2v) is 4.68. The van der Waals surface area contributed by atoms with Gasteiger partial charge < -0.3 is 10.6 Å². The molecule has 1 amide bonds. The molecule has 1 aromatic carbocycles. The van der Waals surface area contributed by atoms with Crippen molar-refractivity contribution in [1.82, 2.24) is 4.98 Å². The van der Waals surface area contributed by atoms with Crippen LogP contribution in [0.25, 0.3) is 0 Å². The molecular weight excluding hydrogens is 250 g/mol. The summed E-state index contributed by atoms with van der Waals surface area (Å²) in [5, 5.41) is 6.03. The Bertz CT molecular complexity index is 579. The molecule has 4 nitrogen and oxygen atoms in total. The number of carbonyl (C=O) groups is 1. The number of anilines is 2. The van der Waals surface area contributed by atoms with Crippen LogP contribution in [-0.2, 0) is 0 Å². The van der Waals surface area contributed by atoms with Crippen LogP contribution in [0, 0.1) is 6.92 Å². The van der Waals surface area contributed by atoms with Crippen molar-refractivity contribution in [2.45, 2.75) is 20.3 Å². The third-order valence-electron chi connectivity index (χ3n) is 2.86. The largest absolute Gasteiger partial charge is 0.370 e. The molecule has 0 bridgehead atoms. The number of hydrogen-bond donors (Lipinski definition) is 2. The van der Waals surface area contributed by atoms with Gasteiger partial charge in [-0.2, -0.15) is 0 Å². The van der Waals surface area contributed by atoms with Gasteiger partial charge in [-0.3, -0.25) is 4.79 Å². The Morgan fingerprint density at radius 3 is 2.75 bits per heavy atom. The number of benzene rings is 1. The summed E-state index contributed by atoms with van der Waals surface area (Å²) in [7, 11) is 0. The zero-order valence-electron chi connectivity index (χ0n) is 11.8. The third-order valence-corrected chi connectivity index (χ3v) is 2.86. The van der Waals surface area contributed by atoms with Crippen LogP contribution in [0.1, 0.15) is 29.3 Å². The second-order valence-electron chi connectivity index (χ2n) is 4.68. The lowest BCUT2D eigenvalue weighted by atomic mass is 10.1. The number of aromatic nitrogens is 1. The number of aryl methyl sites for hydroxylation is 1. The van der Waals surface area contributed by atoms with Crippen LogP contribution in [0.4, 0.5) is 11.5 Å². The first kappa shape index (κ1) is 14.1. The van der Waals surface area contributed by atoms with Gasteiger partial charge in [0, 0.05) is 12.1 Å². The zero-order chi connectivity index (χ0) is 14.4. The molecule has 4 heteroatoms. The van der Waals surface area contributed by atoms with Crippen molar-refractivity contribution in [1.29, 1.82) is 0 Å². The van der Waals surface area contributed by atoms with E-state index >= 15 is 0 Å². The van der Waals surface area contributed by atoms with Crippen LogP contribution in [0.2, 0.25) is 0 Å². The number of hydrogen-bond acceptors (Lipinski definition) is 3. The Balaban J connectivity index is 2.01. The smallest absolute Gasteiger partial charge is 0.255 e. The summed E-state index contributed by atoms with van der Waals surface area (Å²) in [6.07, 6.45) is 2.71. The molecule has 20 heavy (non-hydrogen) atoms. The summed E-state index contributed by atoms with van der Waals surface area (Å²) >= 11 is 0. The highest BCUT2D eigenvalue weighted by atomic mass is 16.1. The molecule has 2 N–H and O–H groups in total. The maximum atomic E-state index is 12.1. The van der Waals surface area contributed by atoms with E-state index in [-0.39, 0.29) is 5.91 Å². The maximum absolute atomic E-state index is 12.1. The van der Waals surface area contributed by atoms with Gasteiger partial charge in [-0.15, -0.1) is 0 Å². The molecule has 2 rings (SSSR count). The van der Waals surface area contributed by atoms with Crippen LogP contribution >= 0.6 is 0 Å². The van der Waals surface area contributed by atoms with E-state index in [9.17, 15) is 4.79 Å². The van der Waals surface area contributed by atoms with Crippen molar-refractivity contribution in [2.75, 3.05) is 17.2 Å². The van der Waals surface area contributed by atoms with Crippen molar-refractivity contribution in [3.8, 4) is 0 Å². The van der Waals surface area contributed by atoms with E-state index in [0.717, 1.165) is 24.3 Å². The molecule has 2 aromatic rings. The topological polar surface area (TPSA) is 54.0 Å². The van der Waals surface area contributed by atoms with E-state index < -0.39 is 0 Å². The average Bonchev–Trinajstić information content (AvgIpc) is 2.46. The Morgan fingerprint density at radius 1 is 1.25 bits per heavy atom. The van der Waals surface area contributed by atoms with Gasteiger partial charge in [-0.1, -0.05) is 24.6 Å². The van der Waals surface area contributed by atoms with Gasteiger partial charge in [-0.25, -0.2) is 4.98 Å². The van der Waals surface area contributed by atoms with Crippen molar-refractivity contribution in [3.05, 3.63) is 53.7 Å². The van der Waals surface area contributed by atoms with Crippen LogP contribution in [0.5, 0.6) is 0 Å². The highest BCUT2D eigenvalue weighted by Crippen LogP contribution is 2.12. The molecule has 0 atom stereocenters. The highest BCUT2D eigenvalue weighted by molar-refractivity contribution is 6.04. The third kappa shape index (κ3) is 3.82. The molecule has 0 fully saturated rings. The van der Waals surface area contributed by atoms with E-state index in [0.29, 0.717) is 11.3 Å². The second kappa shape index (κ2) is 6.70. The first-order chi connectivity index (χ1) is 9.69. The fraction of sp³-hybridized carbons (Fsp3) is 0.250. The van der Waals surface area contributed by atoms with Gasteiger partial charge in [0.2, 0.25) is 0 Å². The first-order valence-corrected chi connectivity index (χ1v) is 6.77. The molecule has 1 aromatic heterocycles. The van der Waals surface area contributed by atoms with E-state index in [2.05, 4.69) is 22.5 Å². The minimum absolute atomic E-state index is 0.121. The predicted molar refractivity (Wildman–Crippen MR) is 82.1 cm³/mol. The molecule has 0 aliphatic heterocycles. The normalized spacial score (nSPS) is 10.1. The van der Waals surface area contributed by atoms with Gasteiger partial charge in [0.25, 0.3) is 5.91 Å². The number of nitrogens with one attached hydrogen (secondary N) is 2. The molecule has 0 spiro atoms. The van der Waals surface area contributed by atoms with E-state index in [1.54, 1.807) is 12.3 Å². The fourth-order valence-electron chi connectivity index (χ4n) is 1.82. The molecule has 0 aliphatic rings. The fourth-order valence-corrected chi connectivity index (χ4v) is 1.82. The summed E-state index contributed by atoms with van der Waals surface area (Å²) in [6, 6.07) is 11.2. The van der Waals surface area contributed by atoms with Crippen LogP contribution < -0.4 is 10.6 Å². The molecule has 0 unspecified atom stereocenters. The zero-order valence-corrected chi connectivity index (χ0v) is 11.8. The van der Waals surface area contributed by atoms with Crippen molar-refractivity contribution >= 4 is 17.4 Å². The highest BCUT2D eigenvalue weighted by Gasteiger charge is 2.06. The molecule has 0 saturated carbocycles. The minimum atomic E-state index is -0.121. The molecule has 0 saturated heterocycles. The van der Waals surface area contributed by atoms with E-state index in [1.165, 1.54) is 0 Å². The summed E-state index contributed by atoms with van der Waals surface area (Å²) < 4.78 is 0. The van der Waals surface area contributed by atoms with Crippen molar-refractivity contribution in [3.63, 3.8) is 0 Å². The quantitative estimate of drug-likeness (QED) is 0.874. The lowest BCUT2D eigenvalue weighted by Gasteiger charge is -2.07. The summed E-state index contributed by atoms with van der Waals surface area (Å²) in [5.74, 6) is 0.699. The summed E-state index contributed by atoms with van der Waals surface area (Å²) in [6.45, 7) is 4.96. The number of rotatable bonds is 5. The average molecular weight is 269 g/mol. The number of nitrogens with zero attached hydrogens (tertiary/aromatic N) is 1. The van der Waals surface area contributed by atoms with Gasteiger partial charge in [0.05, 0.1) is 11.9 Å². The van der Waals surface area contributed by atoms with E-state index in [4.69, 9.17) is 0 Å². The number of amides is 1. The predicted octanol–water partition coefficient (Wildman–Crippen LogP) is 3.46. The van der Waals surface area contributed by atoms with Gasteiger partial charge in [-0.05, 0) is 37.6 Å². The Kier molecular flexibility index (Phi) is 4.71. The van der Waals surface area contributed by atoms with Crippen LogP contribution in [0.15, 0.2) is 42.6 Å². The molecule has 104 valence electrons. The monoisotopic (exact) mass is 269 g/mol. The number of pyridine rings is 1.